The molecule has 0 aliphatic carbocycles. The van der Waals surface area contributed by atoms with Crippen molar-refractivity contribution in [2.24, 2.45) is 0 Å². The highest BCUT2D eigenvalue weighted by Gasteiger charge is 2.30. The third-order valence-electron chi connectivity index (χ3n) is 3.62. The molecular weight excluding hydrogens is 342 g/mol. The summed E-state index contributed by atoms with van der Waals surface area (Å²) in [5, 5.41) is 9.33. The van der Waals surface area contributed by atoms with Crippen LogP contribution in [0.4, 0.5) is 22.4 Å². The van der Waals surface area contributed by atoms with Crippen LogP contribution in [0.25, 0.3) is 10.9 Å². The van der Waals surface area contributed by atoms with Crippen molar-refractivity contribution < 1.29 is 32.2 Å². The van der Waals surface area contributed by atoms with E-state index in [-0.39, 0.29) is 18.0 Å². The molecule has 0 saturated carbocycles. The summed E-state index contributed by atoms with van der Waals surface area (Å²) in [6.45, 7) is -0.112. The van der Waals surface area contributed by atoms with Crippen molar-refractivity contribution in [3.8, 4) is 5.88 Å². The van der Waals surface area contributed by atoms with E-state index in [1.54, 1.807) is 0 Å². The molecule has 4 nitrogen and oxygen atoms in total. The Labute approximate surface area is 138 Å². The van der Waals surface area contributed by atoms with Crippen molar-refractivity contribution in [1.29, 1.82) is 0 Å². The smallest absolute Gasteiger partial charge is 0.449 e. The SMILES string of the molecule is O=C(O)Oc1cc2ccc(F)cc2n1Cc1cccc(C(F)(F)F)c1. The van der Waals surface area contributed by atoms with Gasteiger partial charge in [-0.25, -0.2) is 9.18 Å². The third kappa shape index (κ3) is 3.57. The Morgan fingerprint density at radius 2 is 1.88 bits per heavy atom. The lowest BCUT2D eigenvalue weighted by Gasteiger charge is -2.12. The number of carbonyl (C=O) groups is 1. The molecular formula is C17H11F4NO3. The Balaban J connectivity index is 2.08. The Kier molecular flexibility index (Phi) is 4.12. The molecule has 1 aromatic heterocycles. The Morgan fingerprint density at radius 3 is 2.56 bits per heavy atom. The van der Waals surface area contributed by atoms with Crippen LogP contribution in [0.15, 0.2) is 48.5 Å². The predicted octanol–water partition coefficient (Wildman–Crippen LogP) is 4.90. The molecule has 0 saturated heterocycles. The van der Waals surface area contributed by atoms with Gasteiger partial charge in [0, 0.05) is 11.5 Å². The minimum absolute atomic E-state index is 0.106. The van der Waals surface area contributed by atoms with Crippen molar-refractivity contribution in [3.05, 3.63) is 65.5 Å². The third-order valence-corrected chi connectivity index (χ3v) is 3.62. The standard InChI is InChI=1S/C17H11F4NO3/c18-13-5-4-11-7-15(25-16(23)24)22(14(11)8-13)9-10-2-1-3-12(6-10)17(19,20)21/h1-8H,9H2,(H,23,24). The van der Waals surface area contributed by atoms with Crippen LogP contribution in [0, 0.1) is 5.82 Å². The summed E-state index contributed by atoms with van der Waals surface area (Å²) < 4.78 is 58.0. The number of benzene rings is 2. The van der Waals surface area contributed by atoms with Gasteiger partial charge >= 0.3 is 12.3 Å². The number of hydrogen-bond donors (Lipinski definition) is 1. The lowest BCUT2D eigenvalue weighted by atomic mass is 10.1. The van der Waals surface area contributed by atoms with Gasteiger partial charge in [0.25, 0.3) is 0 Å². The topological polar surface area (TPSA) is 51.5 Å². The van der Waals surface area contributed by atoms with E-state index in [4.69, 9.17) is 5.11 Å². The summed E-state index contributed by atoms with van der Waals surface area (Å²) in [6, 6.07) is 9.78. The molecule has 0 atom stereocenters. The van der Waals surface area contributed by atoms with E-state index in [1.165, 1.54) is 34.9 Å². The van der Waals surface area contributed by atoms with Crippen LogP contribution in [0.2, 0.25) is 0 Å². The van der Waals surface area contributed by atoms with Gasteiger partial charge in [-0.2, -0.15) is 13.2 Å². The van der Waals surface area contributed by atoms with Gasteiger partial charge in [-0.05, 0) is 35.9 Å². The highest BCUT2D eigenvalue weighted by atomic mass is 19.4. The first kappa shape index (κ1) is 16.8. The van der Waals surface area contributed by atoms with Gasteiger partial charge in [0.1, 0.15) is 5.82 Å². The molecule has 0 fully saturated rings. The molecule has 0 aliphatic heterocycles. The van der Waals surface area contributed by atoms with Gasteiger partial charge in [0.2, 0.25) is 5.88 Å². The molecule has 0 spiro atoms. The molecule has 1 N–H and O–H groups in total. The van der Waals surface area contributed by atoms with Gasteiger partial charge in [-0.1, -0.05) is 12.1 Å². The van der Waals surface area contributed by atoms with Crippen LogP contribution >= 0.6 is 0 Å². The summed E-state index contributed by atoms with van der Waals surface area (Å²) in [5.74, 6) is -0.664. The number of carboxylic acid groups (broad SMARTS) is 1. The van der Waals surface area contributed by atoms with Crippen LogP contribution in [-0.4, -0.2) is 15.8 Å². The van der Waals surface area contributed by atoms with Crippen molar-refractivity contribution in [2.45, 2.75) is 12.7 Å². The Bertz CT molecular complexity index is 947. The van der Waals surface area contributed by atoms with E-state index in [2.05, 4.69) is 4.74 Å². The van der Waals surface area contributed by atoms with Crippen molar-refractivity contribution in [1.82, 2.24) is 4.57 Å². The molecule has 130 valence electrons. The van der Waals surface area contributed by atoms with Gasteiger partial charge in [0.15, 0.2) is 0 Å². The van der Waals surface area contributed by atoms with Gasteiger partial charge in [-0.3, -0.25) is 0 Å². The average Bonchev–Trinajstić information content (AvgIpc) is 2.83. The van der Waals surface area contributed by atoms with E-state index in [0.29, 0.717) is 10.9 Å². The normalized spacial score (nSPS) is 11.7. The van der Waals surface area contributed by atoms with Crippen LogP contribution in [-0.2, 0) is 12.7 Å². The maximum Gasteiger partial charge on any atom is 0.512 e. The minimum atomic E-state index is -4.50. The van der Waals surface area contributed by atoms with Crippen LogP contribution in [0.1, 0.15) is 11.1 Å². The number of rotatable bonds is 3. The maximum atomic E-state index is 13.5. The summed E-state index contributed by atoms with van der Waals surface area (Å²) >= 11 is 0. The Hall–Kier alpha value is -3.03. The zero-order chi connectivity index (χ0) is 18.2. The van der Waals surface area contributed by atoms with Gasteiger partial charge in [-0.15, -0.1) is 0 Å². The first-order valence-corrected chi connectivity index (χ1v) is 7.10. The van der Waals surface area contributed by atoms with E-state index < -0.39 is 23.7 Å². The average molecular weight is 353 g/mol. The molecule has 0 unspecified atom stereocenters. The zero-order valence-corrected chi connectivity index (χ0v) is 12.5. The number of fused-ring (bicyclic) bond motifs is 1. The largest absolute Gasteiger partial charge is 0.512 e. The van der Waals surface area contributed by atoms with Gasteiger partial charge < -0.3 is 14.4 Å². The first-order valence-electron chi connectivity index (χ1n) is 7.10. The number of alkyl halides is 3. The highest BCUT2D eigenvalue weighted by molar-refractivity contribution is 5.83. The lowest BCUT2D eigenvalue weighted by molar-refractivity contribution is -0.137. The zero-order valence-electron chi connectivity index (χ0n) is 12.5. The maximum absolute atomic E-state index is 13.5. The van der Waals surface area contributed by atoms with E-state index in [9.17, 15) is 22.4 Å². The number of halogens is 4. The fraction of sp³-hybridized carbons (Fsp3) is 0.118. The van der Waals surface area contributed by atoms with Crippen molar-refractivity contribution >= 4 is 17.1 Å². The highest BCUT2D eigenvalue weighted by Crippen LogP contribution is 2.31. The number of hydrogen-bond acceptors (Lipinski definition) is 2. The van der Waals surface area contributed by atoms with Crippen molar-refractivity contribution in [3.63, 3.8) is 0 Å². The number of aromatic nitrogens is 1. The molecule has 0 aliphatic rings. The second kappa shape index (κ2) is 6.12. The fourth-order valence-corrected chi connectivity index (χ4v) is 2.57. The van der Waals surface area contributed by atoms with E-state index >= 15 is 0 Å². The Morgan fingerprint density at radius 1 is 1.12 bits per heavy atom. The van der Waals surface area contributed by atoms with Crippen LogP contribution in [0.3, 0.4) is 0 Å². The lowest BCUT2D eigenvalue weighted by Crippen LogP contribution is -2.10. The van der Waals surface area contributed by atoms with Crippen LogP contribution < -0.4 is 4.74 Å². The summed E-state index contributed by atoms with van der Waals surface area (Å²) in [6.07, 6.45) is -6.07. The summed E-state index contributed by atoms with van der Waals surface area (Å²) in [7, 11) is 0. The van der Waals surface area contributed by atoms with Crippen molar-refractivity contribution in [2.75, 3.05) is 0 Å². The molecule has 1 heterocycles. The van der Waals surface area contributed by atoms with Gasteiger partial charge in [0.05, 0.1) is 17.6 Å². The molecule has 2 aromatic carbocycles. The molecule has 8 heteroatoms. The fourth-order valence-electron chi connectivity index (χ4n) is 2.57. The van der Waals surface area contributed by atoms with E-state index in [0.717, 1.165) is 18.2 Å². The van der Waals surface area contributed by atoms with E-state index in [1.807, 2.05) is 0 Å². The monoisotopic (exact) mass is 353 g/mol. The molecule has 0 amide bonds. The minimum Gasteiger partial charge on any atom is -0.449 e. The first-order chi connectivity index (χ1) is 11.7. The summed E-state index contributed by atoms with van der Waals surface area (Å²) in [4.78, 5) is 10.8. The van der Waals surface area contributed by atoms with Crippen LogP contribution in [0.5, 0.6) is 5.88 Å². The number of nitrogens with zero attached hydrogens (tertiary/aromatic N) is 1. The molecule has 0 bridgehead atoms. The molecule has 25 heavy (non-hydrogen) atoms. The second-order valence-electron chi connectivity index (χ2n) is 5.34. The molecule has 0 radical (unpaired) electrons. The number of ether oxygens (including phenoxy) is 1. The second-order valence-corrected chi connectivity index (χ2v) is 5.34. The predicted molar refractivity (Wildman–Crippen MR) is 81.1 cm³/mol. The molecule has 3 rings (SSSR count). The quantitative estimate of drug-likeness (QED) is 0.538. The molecule has 3 aromatic rings. The summed E-state index contributed by atoms with van der Waals surface area (Å²) in [5.41, 5.74) is -0.242.